The zero-order chi connectivity index (χ0) is 21.1. The lowest BCUT2D eigenvalue weighted by molar-refractivity contribution is -0.384. The largest absolute Gasteiger partial charge is 0.444 e. The predicted octanol–water partition coefficient (Wildman–Crippen LogP) is 3.00. The Balaban J connectivity index is 2.48. The molecule has 2 rings (SSSR count). The van der Waals surface area contributed by atoms with Gasteiger partial charge in [0.05, 0.1) is 4.92 Å². The number of ether oxygens (including phenoxy) is 1. The van der Waals surface area contributed by atoms with Crippen LogP contribution in [-0.4, -0.2) is 47.6 Å². The van der Waals surface area contributed by atoms with Crippen molar-refractivity contribution in [2.24, 2.45) is 0 Å². The topological polar surface area (TPSA) is 114 Å². The van der Waals surface area contributed by atoms with Crippen molar-refractivity contribution in [1.82, 2.24) is 10.2 Å². The fourth-order valence-electron chi connectivity index (χ4n) is 3.20. The maximum Gasteiger partial charge on any atom is 0.408 e. The van der Waals surface area contributed by atoms with E-state index < -0.39 is 22.2 Å². The summed E-state index contributed by atoms with van der Waals surface area (Å²) >= 11 is 0. The number of nitro groups is 1. The number of hydrogen-bond donors (Lipinski definition) is 2. The highest BCUT2D eigenvalue weighted by molar-refractivity contribution is 5.91. The van der Waals surface area contributed by atoms with Gasteiger partial charge < -0.3 is 20.3 Å². The number of hydrogen-bond acceptors (Lipinski definition) is 6. The normalized spacial score (nSPS) is 16.2. The predicted molar refractivity (Wildman–Crippen MR) is 105 cm³/mol. The average molecular weight is 392 g/mol. The Hall–Kier alpha value is -2.84. The number of anilines is 1. The van der Waals surface area contributed by atoms with E-state index in [0.717, 1.165) is 12.8 Å². The van der Waals surface area contributed by atoms with Crippen molar-refractivity contribution < 1.29 is 19.2 Å². The molecule has 0 aromatic heterocycles. The fourth-order valence-corrected chi connectivity index (χ4v) is 3.20. The molecule has 0 saturated carbocycles. The summed E-state index contributed by atoms with van der Waals surface area (Å²) in [4.78, 5) is 38.3. The van der Waals surface area contributed by atoms with Crippen molar-refractivity contribution >= 4 is 23.4 Å². The minimum atomic E-state index is -1.50. The quantitative estimate of drug-likeness (QED) is 0.588. The molecule has 0 unspecified atom stereocenters. The second kappa shape index (κ2) is 8.04. The number of benzene rings is 1. The molecular formula is C19H28N4O5. The van der Waals surface area contributed by atoms with E-state index in [1.54, 1.807) is 45.7 Å². The van der Waals surface area contributed by atoms with Crippen LogP contribution in [0, 0.1) is 10.1 Å². The molecule has 1 fully saturated rings. The fraction of sp³-hybridized carbons (Fsp3) is 0.579. The monoisotopic (exact) mass is 392 g/mol. The number of nitrogens with one attached hydrogen (secondary N) is 2. The second-order valence-corrected chi connectivity index (χ2v) is 7.99. The van der Waals surface area contributed by atoms with Gasteiger partial charge in [0.2, 0.25) is 0 Å². The van der Waals surface area contributed by atoms with Crippen LogP contribution in [0.2, 0.25) is 0 Å². The van der Waals surface area contributed by atoms with Crippen LogP contribution in [0.15, 0.2) is 18.2 Å². The molecule has 1 aromatic rings. The Morgan fingerprint density at radius 1 is 1.18 bits per heavy atom. The summed E-state index contributed by atoms with van der Waals surface area (Å²) < 4.78 is 5.32. The lowest BCUT2D eigenvalue weighted by atomic mass is 9.89. The number of likely N-dealkylation sites (tertiary alicyclic amines) is 1. The van der Waals surface area contributed by atoms with Crippen LogP contribution in [0.25, 0.3) is 0 Å². The maximum absolute atomic E-state index is 13.3. The van der Waals surface area contributed by atoms with E-state index in [2.05, 4.69) is 10.6 Å². The van der Waals surface area contributed by atoms with E-state index in [0.29, 0.717) is 24.3 Å². The van der Waals surface area contributed by atoms with Gasteiger partial charge in [0.1, 0.15) is 16.8 Å². The van der Waals surface area contributed by atoms with E-state index in [9.17, 15) is 19.7 Å². The molecule has 1 atom stereocenters. The maximum atomic E-state index is 13.3. The summed E-state index contributed by atoms with van der Waals surface area (Å²) in [5, 5.41) is 16.9. The Morgan fingerprint density at radius 2 is 1.79 bits per heavy atom. The first-order valence-corrected chi connectivity index (χ1v) is 9.25. The van der Waals surface area contributed by atoms with E-state index in [1.165, 1.54) is 12.1 Å². The third-order valence-electron chi connectivity index (χ3n) is 4.61. The molecule has 0 aliphatic carbocycles. The summed E-state index contributed by atoms with van der Waals surface area (Å²) in [7, 11) is 1.58. The Morgan fingerprint density at radius 3 is 2.29 bits per heavy atom. The van der Waals surface area contributed by atoms with Gasteiger partial charge in [-0.05, 0) is 52.2 Å². The third-order valence-corrected chi connectivity index (χ3v) is 4.61. The van der Waals surface area contributed by atoms with Crippen LogP contribution in [-0.2, 0) is 15.1 Å². The van der Waals surface area contributed by atoms with Gasteiger partial charge in [0, 0.05) is 26.2 Å². The number of carbonyl (C=O) groups is 2. The lowest BCUT2D eigenvalue weighted by Gasteiger charge is -2.34. The minimum Gasteiger partial charge on any atom is -0.444 e. The van der Waals surface area contributed by atoms with Crippen LogP contribution in [0.4, 0.5) is 16.2 Å². The van der Waals surface area contributed by atoms with E-state index in [4.69, 9.17) is 4.74 Å². The molecule has 1 saturated heterocycles. The zero-order valence-electron chi connectivity index (χ0n) is 17.0. The smallest absolute Gasteiger partial charge is 0.408 e. The van der Waals surface area contributed by atoms with Crippen LogP contribution in [0.5, 0.6) is 0 Å². The first kappa shape index (κ1) is 21.5. The molecule has 28 heavy (non-hydrogen) atoms. The van der Waals surface area contributed by atoms with Crippen molar-refractivity contribution in [1.29, 1.82) is 0 Å². The van der Waals surface area contributed by atoms with Crippen molar-refractivity contribution in [3.63, 3.8) is 0 Å². The van der Waals surface area contributed by atoms with Crippen LogP contribution >= 0.6 is 0 Å². The summed E-state index contributed by atoms with van der Waals surface area (Å²) in [5.74, 6) is -0.317. The molecule has 154 valence electrons. The summed E-state index contributed by atoms with van der Waals surface area (Å²) in [6, 6.07) is 4.45. The Bertz CT molecular complexity index is 768. The van der Waals surface area contributed by atoms with E-state index in [1.807, 2.05) is 0 Å². The van der Waals surface area contributed by atoms with E-state index in [-0.39, 0.29) is 11.6 Å². The van der Waals surface area contributed by atoms with Gasteiger partial charge in [0.25, 0.3) is 11.6 Å². The molecule has 0 bridgehead atoms. The van der Waals surface area contributed by atoms with Crippen LogP contribution in [0.3, 0.4) is 0 Å². The molecule has 9 heteroatoms. The summed E-state index contributed by atoms with van der Waals surface area (Å²) in [6.07, 6.45) is 1.00. The number of alkyl carbamates (subject to hydrolysis) is 1. The molecule has 0 radical (unpaired) electrons. The molecule has 1 aliphatic heterocycles. The number of carbonyl (C=O) groups excluding carboxylic acids is 2. The van der Waals surface area contributed by atoms with Crippen LogP contribution < -0.4 is 10.6 Å². The molecule has 9 nitrogen and oxygen atoms in total. The van der Waals surface area contributed by atoms with Crippen molar-refractivity contribution in [3.8, 4) is 0 Å². The minimum absolute atomic E-state index is 0.175. The number of nitrogens with zero attached hydrogens (tertiary/aromatic N) is 2. The molecule has 1 aromatic carbocycles. The van der Waals surface area contributed by atoms with Crippen molar-refractivity contribution in [2.75, 3.05) is 25.5 Å². The Kier molecular flexibility index (Phi) is 6.16. The molecule has 2 amide bonds. The van der Waals surface area contributed by atoms with Crippen molar-refractivity contribution in [2.45, 2.75) is 51.7 Å². The van der Waals surface area contributed by atoms with Gasteiger partial charge in [-0.15, -0.1) is 0 Å². The highest BCUT2D eigenvalue weighted by Crippen LogP contribution is 2.32. The number of rotatable bonds is 5. The lowest BCUT2D eigenvalue weighted by Crippen LogP contribution is -2.55. The molecule has 0 spiro atoms. The van der Waals surface area contributed by atoms with Crippen LogP contribution in [0.1, 0.15) is 46.1 Å². The SMILES string of the molecule is CNc1ccc([C@@](C)(NC(=O)OC(C)(C)C)C(=O)N2CCCC2)cc1[N+](=O)[O-]. The van der Waals surface area contributed by atoms with Gasteiger partial charge in [-0.25, -0.2) is 4.79 Å². The highest BCUT2D eigenvalue weighted by atomic mass is 16.6. The molecule has 1 aliphatic rings. The highest BCUT2D eigenvalue weighted by Gasteiger charge is 2.42. The molecule has 2 N–H and O–H groups in total. The van der Waals surface area contributed by atoms with Gasteiger partial charge >= 0.3 is 6.09 Å². The standard InChI is InChI=1S/C19H28N4O5/c1-18(2,3)28-17(25)21-19(4,16(24)22-10-6-7-11-22)13-8-9-14(20-5)15(12-13)23(26)27/h8-9,12,20H,6-7,10-11H2,1-5H3,(H,21,25)/t19-/m1/s1. The molecule has 1 heterocycles. The Labute approximate surface area is 164 Å². The van der Waals surface area contributed by atoms with Gasteiger partial charge in [-0.2, -0.15) is 0 Å². The zero-order valence-corrected chi connectivity index (χ0v) is 17.0. The summed E-state index contributed by atoms with van der Waals surface area (Å²) in [5.41, 5.74) is -1.78. The van der Waals surface area contributed by atoms with Gasteiger partial charge in [-0.3, -0.25) is 14.9 Å². The number of amides is 2. The first-order valence-electron chi connectivity index (χ1n) is 9.25. The average Bonchev–Trinajstić information content (AvgIpc) is 3.12. The first-order chi connectivity index (χ1) is 13.0. The number of nitro benzene ring substituents is 1. The second-order valence-electron chi connectivity index (χ2n) is 7.99. The third kappa shape index (κ3) is 4.71. The molecular weight excluding hydrogens is 364 g/mol. The van der Waals surface area contributed by atoms with Crippen molar-refractivity contribution in [3.05, 3.63) is 33.9 Å². The van der Waals surface area contributed by atoms with Gasteiger partial charge in [0.15, 0.2) is 0 Å². The van der Waals surface area contributed by atoms with Gasteiger partial charge in [-0.1, -0.05) is 6.07 Å². The van der Waals surface area contributed by atoms with E-state index >= 15 is 0 Å². The summed E-state index contributed by atoms with van der Waals surface area (Å²) in [6.45, 7) is 7.88.